The highest BCUT2D eigenvalue weighted by Gasteiger charge is 2.27. The Morgan fingerprint density at radius 2 is 1.79 bits per heavy atom. The van der Waals surface area contributed by atoms with Crippen molar-refractivity contribution in [2.24, 2.45) is 0 Å². The topological polar surface area (TPSA) is 77.6 Å². The summed E-state index contributed by atoms with van der Waals surface area (Å²) >= 11 is 0. The Morgan fingerprint density at radius 3 is 2.39 bits per heavy atom. The van der Waals surface area contributed by atoms with Gasteiger partial charge in [0.1, 0.15) is 17.0 Å². The van der Waals surface area contributed by atoms with E-state index in [1.165, 1.54) is 7.11 Å². The van der Waals surface area contributed by atoms with Crippen molar-refractivity contribution in [1.29, 1.82) is 0 Å². The lowest BCUT2D eigenvalue weighted by molar-refractivity contribution is 0.0592. The minimum atomic E-state index is -0.618. The molecule has 0 bridgehead atoms. The van der Waals surface area contributed by atoms with Crippen molar-refractivity contribution in [2.45, 2.75) is 19.8 Å². The zero-order valence-electron chi connectivity index (χ0n) is 19.0. The first-order chi connectivity index (χ1) is 15.9. The van der Waals surface area contributed by atoms with Gasteiger partial charge in [-0.25, -0.2) is 9.59 Å². The van der Waals surface area contributed by atoms with Crippen LogP contribution < -0.4 is 9.47 Å². The van der Waals surface area contributed by atoms with Gasteiger partial charge in [0.2, 0.25) is 0 Å². The Morgan fingerprint density at radius 1 is 1.03 bits per heavy atom. The Balaban J connectivity index is 2.20. The molecule has 0 aliphatic rings. The number of allylic oxidation sites excluding steroid dienone is 1. The fourth-order valence-electron chi connectivity index (χ4n) is 3.36. The summed E-state index contributed by atoms with van der Waals surface area (Å²) < 4.78 is 16.5. The van der Waals surface area contributed by atoms with E-state index in [0.717, 1.165) is 11.1 Å². The minimum absolute atomic E-state index is 0.120. The standard InChI is InChI=1S/C27H27NO5/c1-18(2)12-15-21-23(31-3)17-20(14-13-19-9-6-5-7-10-19)24(27(30)32-4)25(21)33-26(29)22-11-8-16-28-22/h5-11,13-14,16-17,28H,1,12,15H2,2-4H3/b14-13+. The highest BCUT2D eigenvalue weighted by Crippen LogP contribution is 2.38. The van der Waals surface area contributed by atoms with Gasteiger partial charge in [0.05, 0.1) is 14.2 Å². The van der Waals surface area contributed by atoms with Gasteiger partial charge in [-0.05, 0) is 49.1 Å². The van der Waals surface area contributed by atoms with Crippen LogP contribution in [0.15, 0.2) is 66.9 Å². The third kappa shape index (κ3) is 5.80. The smallest absolute Gasteiger partial charge is 0.360 e. The van der Waals surface area contributed by atoms with Crippen LogP contribution in [0.3, 0.4) is 0 Å². The fourth-order valence-corrected chi connectivity index (χ4v) is 3.36. The monoisotopic (exact) mass is 445 g/mol. The summed E-state index contributed by atoms with van der Waals surface area (Å²) in [6.45, 7) is 5.87. The largest absolute Gasteiger partial charge is 0.496 e. The Kier molecular flexibility index (Phi) is 7.86. The van der Waals surface area contributed by atoms with E-state index in [1.54, 1.807) is 37.6 Å². The molecule has 0 aliphatic carbocycles. The predicted molar refractivity (Wildman–Crippen MR) is 129 cm³/mol. The summed E-state index contributed by atoms with van der Waals surface area (Å²) in [5.74, 6) is -0.607. The van der Waals surface area contributed by atoms with Crippen LogP contribution in [0.4, 0.5) is 0 Å². The van der Waals surface area contributed by atoms with Crippen molar-refractivity contribution in [2.75, 3.05) is 14.2 Å². The van der Waals surface area contributed by atoms with Crippen LogP contribution in [-0.2, 0) is 11.2 Å². The number of rotatable bonds is 9. The van der Waals surface area contributed by atoms with Crippen LogP contribution in [0.2, 0.25) is 0 Å². The predicted octanol–water partition coefficient (Wildman–Crippen LogP) is 5.71. The van der Waals surface area contributed by atoms with Crippen LogP contribution in [0.25, 0.3) is 12.2 Å². The number of carbonyl (C=O) groups excluding carboxylic acids is 2. The van der Waals surface area contributed by atoms with Crippen molar-refractivity contribution < 1.29 is 23.8 Å². The summed E-state index contributed by atoms with van der Waals surface area (Å²) in [5.41, 5.74) is 3.42. The van der Waals surface area contributed by atoms with Crippen molar-refractivity contribution >= 4 is 24.1 Å². The Labute approximate surface area is 193 Å². The lowest BCUT2D eigenvalue weighted by Gasteiger charge is -2.19. The molecule has 1 aromatic heterocycles. The molecule has 3 rings (SSSR count). The second-order valence-electron chi connectivity index (χ2n) is 7.52. The van der Waals surface area contributed by atoms with Gasteiger partial charge in [-0.2, -0.15) is 0 Å². The summed E-state index contributed by atoms with van der Waals surface area (Å²) in [4.78, 5) is 28.6. The third-order valence-electron chi connectivity index (χ3n) is 5.05. The average Bonchev–Trinajstić information content (AvgIpc) is 3.37. The summed E-state index contributed by atoms with van der Waals surface area (Å²) in [7, 11) is 2.83. The molecular formula is C27H27NO5. The minimum Gasteiger partial charge on any atom is -0.496 e. The molecule has 3 aromatic rings. The number of aromatic nitrogens is 1. The number of esters is 2. The SMILES string of the molecule is C=C(C)CCc1c(OC)cc(/C=C/c2ccccc2)c(C(=O)OC)c1OC(=O)c1ccc[nH]1. The Hall–Kier alpha value is -4.06. The maximum atomic E-state index is 12.9. The molecular weight excluding hydrogens is 418 g/mol. The van der Waals surface area contributed by atoms with Crippen molar-refractivity contribution in [3.8, 4) is 11.5 Å². The average molecular weight is 446 g/mol. The van der Waals surface area contributed by atoms with Gasteiger partial charge in [0, 0.05) is 11.8 Å². The molecule has 0 saturated carbocycles. The zero-order valence-corrected chi connectivity index (χ0v) is 19.0. The third-order valence-corrected chi connectivity index (χ3v) is 5.05. The van der Waals surface area contributed by atoms with Crippen LogP contribution >= 0.6 is 0 Å². The van der Waals surface area contributed by atoms with E-state index in [9.17, 15) is 9.59 Å². The molecule has 0 atom stereocenters. The van der Waals surface area contributed by atoms with E-state index in [0.29, 0.717) is 29.7 Å². The zero-order chi connectivity index (χ0) is 23.8. The summed E-state index contributed by atoms with van der Waals surface area (Å²) in [6, 6.07) is 14.7. The van der Waals surface area contributed by atoms with E-state index in [1.807, 2.05) is 43.3 Å². The van der Waals surface area contributed by atoms with E-state index in [4.69, 9.17) is 14.2 Å². The van der Waals surface area contributed by atoms with E-state index in [-0.39, 0.29) is 17.0 Å². The molecule has 1 N–H and O–H groups in total. The van der Waals surface area contributed by atoms with Gasteiger partial charge in [0.25, 0.3) is 0 Å². The van der Waals surface area contributed by atoms with Gasteiger partial charge in [-0.15, -0.1) is 6.58 Å². The molecule has 0 radical (unpaired) electrons. The molecule has 2 aromatic carbocycles. The first-order valence-electron chi connectivity index (χ1n) is 10.5. The number of hydrogen-bond donors (Lipinski definition) is 1. The number of H-pyrrole nitrogens is 1. The molecule has 0 unspecified atom stereocenters. The number of hydrogen-bond acceptors (Lipinski definition) is 5. The highest BCUT2D eigenvalue weighted by molar-refractivity contribution is 6.00. The first kappa shape index (κ1) is 23.6. The number of carbonyl (C=O) groups is 2. The number of methoxy groups -OCH3 is 2. The molecule has 0 fully saturated rings. The normalized spacial score (nSPS) is 10.8. The van der Waals surface area contributed by atoms with Crippen LogP contribution in [0.1, 0.15) is 50.9 Å². The lowest BCUT2D eigenvalue weighted by atomic mass is 9.96. The molecule has 6 nitrogen and oxygen atoms in total. The van der Waals surface area contributed by atoms with Crippen LogP contribution in [0, 0.1) is 0 Å². The van der Waals surface area contributed by atoms with Gasteiger partial charge >= 0.3 is 11.9 Å². The maximum Gasteiger partial charge on any atom is 0.360 e. The maximum absolute atomic E-state index is 12.9. The number of ether oxygens (including phenoxy) is 3. The van der Waals surface area contributed by atoms with E-state index < -0.39 is 11.9 Å². The molecule has 0 saturated heterocycles. The highest BCUT2D eigenvalue weighted by atomic mass is 16.5. The molecule has 6 heteroatoms. The second kappa shape index (κ2) is 11.0. The van der Waals surface area contributed by atoms with Gasteiger partial charge in [-0.3, -0.25) is 0 Å². The molecule has 1 heterocycles. The Bertz CT molecular complexity index is 1160. The molecule has 0 amide bonds. The number of benzene rings is 2. The summed E-state index contributed by atoms with van der Waals surface area (Å²) in [5, 5.41) is 0. The van der Waals surface area contributed by atoms with Crippen molar-refractivity contribution in [3.05, 3.63) is 94.8 Å². The molecule has 0 aliphatic heterocycles. The van der Waals surface area contributed by atoms with Gasteiger partial charge in [0.15, 0.2) is 5.75 Å². The van der Waals surface area contributed by atoms with Crippen molar-refractivity contribution in [3.63, 3.8) is 0 Å². The van der Waals surface area contributed by atoms with Gasteiger partial charge < -0.3 is 19.2 Å². The quantitative estimate of drug-likeness (QED) is 0.198. The van der Waals surface area contributed by atoms with Crippen LogP contribution in [-0.4, -0.2) is 31.1 Å². The fraction of sp³-hybridized carbons (Fsp3) is 0.185. The van der Waals surface area contributed by atoms with Crippen LogP contribution in [0.5, 0.6) is 11.5 Å². The van der Waals surface area contributed by atoms with E-state index in [2.05, 4.69) is 11.6 Å². The number of nitrogens with one attached hydrogen (secondary N) is 1. The van der Waals surface area contributed by atoms with Gasteiger partial charge in [-0.1, -0.05) is 48.1 Å². The number of aromatic amines is 1. The molecule has 33 heavy (non-hydrogen) atoms. The molecule has 170 valence electrons. The first-order valence-corrected chi connectivity index (χ1v) is 10.5. The lowest BCUT2D eigenvalue weighted by Crippen LogP contribution is -2.16. The summed E-state index contributed by atoms with van der Waals surface area (Å²) in [6.07, 6.45) is 6.37. The second-order valence-corrected chi connectivity index (χ2v) is 7.52. The van der Waals surface area contributed by atoms with E-state index >= 15 is 0 Å². The molecule has 0 spiro atoms. The van der Waals surface area contributed by atoms with Crippen molar-refractivity contribution in [1.82, 2.24) is 4.98 Å².